The van der Waals surface area contributed by atoms with E-state index in [2.05, 4.69) is 10.3 Å². The fourth-order valence-corrected chi connectivity index (χ4v) is 5.88. The van der Waals surface area contributed by atoms with Crippen LogP contribution in [0.1, 0.15) is 12.6 Å². The Bertz CT molecular complexity index is 1140. The van der Waals surface area contributed by atoms with E-state index in [0.29, 0.717) is 50.0 Å². The lowest BCUT2D eigenvalue weighted by atomic mass is 10.2. The molecule has 1 aromatic heterocycles. The van der Waals surface area contributed by atoms with Gasteiger partial charge in [-0.15, -0.1) is 11.3 Å². The van der Waals surface area contributed by atoms with Gasteiger partial charge in [-0.1, -0.05) is 12.1 Å². The largest absolute Gasteiger partial charge is 0.497 e. The molecular formula is C23H27N3O4S2. The molecule has 0 amide bonds. The molecular weight excluding hydrogens is 446 g/mol. The van der Waals surface area contributed by atoms with E-state index >= 15 is 0 Å². The number of nitrogens with zero attached hydrogens (tertiary/aromatic N) is 3. The standard InChI is InChI=1S/C23H27N3O4S2/c1-3-30-20-7-9-22(10-8-20)32(27,28)26-13-11-25(12-14-26)16-19-17-31-23(24-19)18-5-4-6-21(15-18)29-2/h4-10,15,17H,3,11-14,16H2,1-2H3. The summed E-state index contributed by atoms with van der Waals surface area (Å²) in [5.41, 5.74) is 2.03. The average molecular weight is 474 g/mol. The van der Waals surface area contributed by atoms with Crippen LogP contribution in [-0.2, 0) is 16.6 Å². The molecule has 1 aliphatic rings. The van der Waals surface area contributed by atoms with E-state index in [0.717, 1.165) is 22.0 Å². The molecule has 3 aromatic rings. The number of aromatic nitrogens is 1. The van der Waals surface area contributed by atoms with Gasteiger partial charge in [0.25, 0.3) is 0 Å². The number of benzene rings is 2. The summed E-state index contributed by atoms with van der Waals surface area (Å²) in [7, 11) is -1.85. The molecule has 2 heterocycles. The first-order valence-electron chi connectivity index (χ1n) is 10.5. The number of methoxy groups -OCH3 is 1. The Morgan fingerprint density at radius 3 is 2.47 bits per heavy atom. The minimum Gasteiger partial charge on any atom is -0.497 e. The second kappa shape index (κ2) is 9.99. The van der Waals surface area contributed by atoms with Crippen molar-refractivity contribution in [1.82, 2.24) is 14.2 Å². The zero-order chi connectivity index (χ0) is 22.6. The molecule has 0 aliphatic carbocycles. The van der Waals surface area contributed by atoms with E-state index in [1.165, 1.54) is 0 Å². The van der Waals surface area contributed by atoms with Crippen LogP contribution in [0.3, 0.4) is 0 Å². The van der Waals surface area contributed by atoms with E-state index in [4.69, 9.17) is 14.5 Å². The van der Waals surface area contributed by atoms with Crippen molar-refractivity contribution in [1.29, 1.82) is 0 Å². The molecule has 9 heteroatoms. The number of piperazine rings is 1. The first kappa shape index (κ1) is 22.7. The quantitative estimate of drug-likeness (QED) is 0.497. The van der Waals surface area contributed by atoms with Gasteiger partial charge in [0, 0.05) is 43.7 Å². The van der Waals surface area contributed by atoms with Crippen LogP contribution < -0.4 is 9.47 Å². The van der Waals surface area contributed by atoms with Crippen LogP contribution in [-0.4, -0.2) is 62.5 Å². The summed E-state index contributed by atoms with van der Waals surface area (Å²) in [4.78, 5) is 7.31. The van der Waals surface area contributed by atoms with Crippen LogP contribution >= 0.6 is 11.3 Å². The molecule has 1 aliphatic heterocycles. The monoisotopic (exact) mass is 473 g/mol. The molecule has 7 nitrogen and oxygen atoms in total. The van der Waals surface area contributed by atoms with Crippen molar-refractivity contribution in [2.24, 2.45) is 0 Å². The van der Waals surface area contributed by atoms with Crippen molar-refractivity contribution in [2.45, 2.75) is 18.4 Å². The Hall–Kier alpha value is -2.46. The number of hydrogen-bond donors (Lipinski definition) is 0. The second-order valence-electron chi connectivity index (χ2n) is 7.46. The Morgan fingerprint density at radius 1 is 1.03 bits per heavy atom. The van der Waals surface area contributed by atoms with Crippen molar-refractivity contribution in [3.63, 3.8) is 0 Å². The zero-order valence-electron chi connectivity index (χ0n) is 18.2. The Labute approximate surface area is 193 Å². The lowest BCUT2D eigenvalue weighted by Gasteiger charge is -2.33. The van der Waals surface area contributed by atoms with Gasteiger partial charge < -0.3 is 9.47 Å². The number of hydrogen-bond acceptors (Lipinski definition) is 7. The van der Waals surface area contributed by atoms with E-state index in [9.17, 15) is 8.42 Å². The Kier molecular flexibility index (Phi) is 7.10. The Morgan fingerprint density at radius 2 is 1.78 bits per heavy atom. The highest BCUT2D eigenvalue weighted by Crippen LogP contribution is 2.28. The van der Waals surface area contributed by atoms with Gasteiger partial charge in [-0.2, -0.15) is 4.31 Å². The summed E-state index contributed by atoms with van der Waals surface area (Å²) in [5.74, 6) is 1.48. The fraction of sp³-hybridized carbons (Fsp3) is 0.348. The summed E-state index contributed by atoms with van der Waals surface area (Å²) in [6.45, 7) is 5.41. The van der Waals surface area contributed by atoms with Crippen LogP contribution in [0.2, 0.25) is 0 Å². The van der Waals surface area contributed by atoms with Crippen LogP contribution in [0.25, 0.3) is 10.6 Å². The lowest BCUT2D eigenvalue weighted by Crippen LogP contribution is -2.48. The Balaban J connectivity index is 1.35. The molecule has 0 bridgehead atoms. The third-order valence-corrected chi connectivity index (χ3v) is 8.21. The third-order valence-electron chi connectivity index (χ3n) is 5.36. The normalized spacial score (nSPS) is 15.6. The average Bonchev–Trinajstić information content (AvgIpc) is 3.28. The van der Waals surface area contributed by atoms with Crippen LogP contribution in [0.15, 0.2) is 58.8 Å². The minimum absolute atomic E-state index is 0.303. The number of rotatable bonds is 8. The maximum absolute atomic E-state index is 13.0. The van der Waals surface area contributed by atoms with Crippen LogP contribution in [0.5, 0.6) is 11.5 Å². The fourth-order valence-electron chi connectivity index (χ4n) is 3.65. The smallest absolute Gasteiger partial charge is 0.243 e. The molecule has 0 atom stereocenters. The van der Waals surface area contributed by atoms with Crippen molar-refractivity contribution in [3.8, 4) is 22.1 Å². The number of sulfonamides is 1. The summed E-state index contributed by atoms with van der Waals surface area (Å²) in [6, 6.07) is 14.5. The highest BCUT2D eigenvalue weighted by Gasteiger charge is 2.28. The summed E-state index contributed by atoms with van der Waals surface area (Å²) < 4.78 is 38.2. The zero-order valence-corrected chi connectivity index (χ0v) is 19.9. The van der Waals surface area contributed by atoms with E-state index in [1.807, 2.05) is 31.2 Å². The summed E-state index contributed by atoms with van der Waals surface area (Å²) in [6.07, 6.45) is 0. The predicted octanol–water partition coefficient (Wildman–Crippen LogP) is 3.72. The van der Waals surface area contributed by atoms with E-state index < -0.39 is 10.0 Å². The number of ether oxygens (including phenoxy) is 2. The third kappa shape index (κ3) is 5.12. The van der Waals surface area contributed by atoms with Gasteiger partial charge >= 0.3 is 0 Å². The molecule has 1 saturated heterocycles. The van der Waals surface area contributed by atoms with Gasteiger partial charge in [0.1, 0.15) is 16.5 Å². The molecule has 1 fully saturated rings. The predicted molar refractivity (Wildman–Crippen MR) is 126 cm³/mol. The van der Waals surface area contributed by atoms with Gasteiger partial charge in [-0.05, 0) is 43.3 Å². The first-order chi connectivity index (χ1) is 15.5. The van der Waals surface area contributed by atoms with Crippen LogP contribution in [0.4, 0.5) is 0 Å². The summed E-state index contributed by atoms with van der Waals surface area (Å²) in [5, 5.41) is 3.02. The maximum atomic E-state index is 13.0. The van der Waals surface area contributed by atoms with Crippen molar-refractivity contribution < 1.29 is 17.9 Å². The SMILES string of the molecule is CCOc1ccc(S(=O)(=O)N2CCN(Cc3csc(-c4cccc(OC)c4)n3)CC2)cc1. The highest BCUT2D eigenvalue weighted by molar-refractivity contribution is 7.89. The molecule has 0 N–H and O–H groups in total. The topological polar surface area (TPSA) is 72.0 Å². The van der Waals surface area contributed by atoms with Crippen LogP contribution in [0, 0.1) is 0 Å². The minimum atomic E-state index is -3.50. The lowest BCUT2D eigenvalue weighted by molar-refractivity contribution is 0.180. The highest BCUT2D eigenvalue weighted by atomic mass is 32.2. The van der Waals surface area contributed by atoms with Gasteiger partial charge in [0.15, 0.2) is 0 Å². The van der Waals surface area contributed by atoms with Crippen molar-refractivity contribution in [2.75, 3.05) is 39.9 Å². The van der Waals surface area contributed by atoms with Gasteiger partial charge in [-0.3, -0.25) is 4.90 Å². The van der Waals surface area contributed by atoms with Crippen molar-refractivity contribution in [3.05, 3.63) is 59.6 Å². The molecule has 0 saturated carbocycles. The molecule has 2 aromatic carbocycles. The van der Waals surface area contributed by atoms with E-state index in [1.54, 1.807) is 47.0 Å². The van der Waals surface area contributed by atoms with Gasteiger partial charge in [0.05, 0.1) is 24.3 Å². The second-order valence-corrected chi connectivity index (χ2v) is 10.3. The molecule has 32 heavy (non-hydrogen) atoms. The molecule has 0 unspecified atom stereocenters. The summed E-state index contributed by atoms with van der Waals surface area (Å²) >= 11 is 1.61. The number of thiazole rings is 1. The van der Waals surface area contributed by atoms with E-state index in [-0.39, 0.29) is 0 Å². The van der Waals surface area contributed by atoms with Gasteiger partial charge in [-0.25, -0.2) is 13.4 Å². The maximum Gasteiger partial charge on any atom is 0.243 e. The molecule has 0 spiro atoms. The molecule has 0 radical (unpaired) electrons. The van der Waals surface area contributed by atoms with Crippen molar-refractivity contribution >= 4 is 21.4 Å². The molecule has 4 rings (SSSR count). The molecule has 170 valence electrons. The first-order valence-corrected chi connectivity index (χ1v) is 12.9. The van der Waals surface area contributed by atoms with Gasteiger partial charge in [0.2, 0.25) is 10.0 Å².